The molecule has 0 aliphatic carbocycles. The molecule has 2 rings (SSSR count). The number of nitrogens with one attached hydrogen (secondary N) is 1. The van der Waals surface area contributed by atoms with Gasteiger partial charge in [-0.3, -0.25) is 0 Å². The molecule has 0 spiro atoms. The Labute approximate surface area is 110 Å². The fourth-order valence-corrected chi connectivity index (χ4v) is 3.02. The summed E-state index contributed by atoms with van der Waals surface area (Å²) in [6.45, 7) is 1.63. The molecule has 0 bridgehead atoms. The molecule has 94 valence electrons. The van der Waals surface area contributed by atoms with Crippen LogP contribution in [0.25, 0.3) is 0 Å². The zero-order valence-corrected chi connectivity index (χ0v) is 11.5. The molecule has 1 aliphatic heterocycles. The highest BCUT2D eigenvalue weighted by atomic mass is 79.9. The fourth-order valence-electron chi connectivity index (χ4n) is 2.43. The summed E-state index contributed by atoms with van der Waals surface area (Å²) >= 11 is 3.43. The van der Waals surface area contributed by atoms with E-state index in [9.17, 15) is 4.39 Å². The van der Waals surface area contributed by atoms with Gasteiger partial charge in [-0.1, -0.05) is 22.0 Å². The summed E-state index contributed by atoms with van der Waals surface area (Å²) < 4.78 is 19.4. The van der Waals surface area contributed by atoms with Gasteiger partial charge in [0.25, 0.3) is 0 Å². The maximum absolute atomic E-state index is 13.1. The minimum atomic E-state index is -0.213. The lowest BCUT2D eigenvalue weighted by Crippen LogP contribution is -2.31. The maximum Gasteiger partial charge on any atom is 0.124 e. The lowest BCUT2D eigenvalue weighted by molar-refractivity contribution is 0.0401. The van der Waals surface area contributed by atoms with Crippen LogP contribution in [0.5, 0.6) is 0 Å². The molecule has 2 unspecified atom stereocenters. The van der Waals surface area contributed by atoms with E-state index in [4.69, 9.17) is 4.74 Å². The van der Waals surface area contributed by atoms with Crippen LogP contribution in [0.3, 0.4) is 0 Å². The quantitative estimate of drug-likeness (QED) is 0.925. The summed E-state index contributed by atoms with van der Waals surface area (Å²) in [4.78, 5) is 0. The van der Waals surface area contributed by atoms with Gasteiger partial charge in [0.2, 0.25) is 0 Å². The van der Waals surface area contributed by atoms with E-state index in [1.54, 1.807) is 0 Å². The Morgan fingerprint density at radius 3 is 2.94 bits per heavy atom. The number of hydrogen-bond acceptors (Lipinski definition) is 2. The van der Waals surface area contributed by atoms with E-state index < -0.39 is 0 Å². The minimum Gasteiger partial charge on any atom is -0.381 e. The second kappa shape index (κ2) is 5.94. The fraction of sp³-hybridized carbons (Fsp3) is 0.538. The summed E-state index contributed by atoms with van der Waals surface area (Å²) in [6, 6.07) is 5.08. The summed E-state index contributed by atoms with van der Waals surface area (Å²) in [7, 11) is 1.94. The number of hydrogen-bond donors (Lipinski definition) is 1. The molecule has 0 saturated carbocycles. The van der Waals surface area contributed by atoms with Gasteiger partial charge in [0.05, 0.1) is 6.61 Å². The van der Waals surface area contributed by atoms with Gasteiger partial charge in [0, 0.05) is 23.0 Å². The lowest BCUT2D eigenvalue weighted by atomic mass is 9.89. The number of halogens is 2. The van der Waals surface area contributed by atoms with Crippen LogP contribution in [0.15, 0.2) is 22.7 Å². The van der Waals surface area contributed by atoms with Crippen molar-refractivity contribution >= 4 is 15.9 Å². The molecular weight excluding hydrogens is 285 g/mol. The molecule has 1 aromatic rings. The standard InChI is InChI=1S/C13H17BrFNO/c1-16-13(9-3-2-6-17-8-9)11-5-4-10(15)7-12(11)14/h4-5,7,9,13,16H,2-3,6,8H2,1H3. The third kappa shape index (κ3) is 3.06. The van der Waals surface area contributed by atoms with E-state index in [0.29, 0.717) is 5.92 Å². The van der Waals surface area contributed by atoms with Crippen molar-refractivity contribution < 1.29 is 9.13 Å². The average molecular weight is 302 g/mol. The first-order valence-electron chi connectivity index (χ1n) is 5.92. The smallest absolute Gasteiger partial charge is 0.124 e. The Morgan fingerprint density at radius 1 is 1.53 bits per heavy atom. The molecular formula is C13H17BrFNO. The monoisotopic (exact) mass is 301 g/mol. The van der Waals surface area contributed by atoms with Crippen molar-refractivity contribution in [1.82, 2.24) is 5.32 Å². The second-order valence-corrected chi connectivity index (χ2v) is 5.26. The van der Waals surface area contributed by atoms with E-state index in [1.165, 1.54) is 12.1 Å². The van der Waals surface area contributed by atoms with Crippen LogP contribution in [0.4, 0.5) is 4.39 Å². The van der Waals surface area contributed by atoms with Gasteiger partial charge >= 0.3 is 0 Å². The molecule has 1 fully saturated rings. The third-order valence-corrected chi connectivity index (χ3v) is 3.96. The molecule has 1 saturated heterocycles. The van der Waals surface area contributed by atoms with Crippen molar-refractivity contribution in [3.63, 3.8) is 0 Å². The maximum atomic E-state index is 13.1. The van der Waals surface area contributed by atoms with Crippen molar-refractivity contribution in [3.8, 4) is 0 Å². The largest absolute Gasteiger partial charge is 0.381 e. The molecule has 0 amide bonds. The second-order valence-electron chi connectivity index (χ2n) is 4.41. The van der Waals surface area contributed by atoms with E-state index in [1.807, 2.05) is 13.1 Å². The first kappa shape index (κ1) is 13.0. The van der Waals surface area contributed by atoms with Crippen LogP contribution in [0.1, 0.15) is 24.4 Å². The van der Waals surface area contributed by atoms with Crippen molar-refractivity contribution in [2.45, 2.75) is 18.9 Å². The van der Waals surface area contributed by atoms with Crippen molar-refractivity contribution in [2.75, 3.05) is 20.3 Å². The van der Waals surface area contributed by atoms with Crippen LogP contribution < -0.4 is 5.32 Å². The number of benzene rings is 1. The van der Waals surface area contributed by atoms with Gasteiger partial charge in [-0.05, 0) is 37.6 Å². The Bertz CT molecular complexity index is 380. The Hall–Kier alpha value is -0.450. The highest BCUT2D eigenvalue weighted by Gasteiger charge is 2.25. The summed E-state index contributed by atoms with van der Waals surface area (Å²) in [6.07, 6.45) is 2.25. The molecule has 2 atom stereocenters. The van der Waals surface area contributed by atoms with Crippen molar-refractivity contribution in [1.29, 1.82) is 0 Å². The Balaban J connectivity index is 2.21. The molecule has 2 nitrogen and oxygen atoms in total. The predicted molar refractivity (Wildman–Crippen MR) is 69.4 cm³/mol. The highest BCUT2D eigenvalue weighted by Crippen LogP contribution is 2.33. The lowest BCUT2D eigenvalue weighted by Gasteiger charge is -2.31. The molecule has 1 heterocycles. The van der Waals surface area contributed by atoms with Crippen LogP contribution in [-0.2, 0) is 4.74 Å². The molecule has 1 aliphatic rings. The molecule has 0 aromatic heterocycles. The van der Waals surface area contributed by atoms with Crippen molar-refractivity contribution in [2.24, 2.45) is 5.92 Å². The molecule has 1 N–H and O–H groups in total. The molecule has 4 heteroatoms. The predicted octanol–water partition coefficient (Wildman–Crippen LogP) is 3.28. The van der Waals surface area contributed by atoms with E-state index in [-0.39, 0.29) is 11.9 Å². The SMILES string of the molecule is CNC(c1ccc(F)cc1Br)C1CCCOC1. The first-order valence-corrected chi connectivity index (χ1v) is 6.71. The third-order valence-electron chi connectivity index (χ3n) is 3.28. The minimum absolute atomic E-state index is 0.213. The van der Waals surface area contributed by atoms with E-state index in [0.717, 1.165) is 36.1 Å². The van der Waals surface area contributed by atoms with Gasteiger partial charge in [-0.15, -0.1) is 0 Å². The Kier molecular flexibility index (Phi) is 4.54. The van der Waals surface area contributed by atoms with Crippen molar-refractivity contribution in [3.05, 3.63) is 34.1 Å². The van der Waals surface area contributed by atoms with E-state index in [2.05, 4.69) is 21.2 Å². The first-order chi connectivity index (χ1) is 8.22. The highest BCUT2D eigenvalue weighted by molar-refractivity contribution is 9.10. The zero-order chi connectivity index (χ0) is 12.3. The molecule has 1 aromatic carbocycles. The number of rotatable bonds is 3. The van der Waals surface area contributed by atoms with Gasteiger partial charge in [0.1, 0.15) is 5.82 Å². The summed E-state index contributed by atoms with van der Waals surface area (Å²) in [5.74, 6) is 0.242. The topological polar surface area (TPSA) is 21.3 Å². The van der Waals surface area contributed by atoms with Gasteiger partial charge in [-0.25, -0.2) is 4.39 Å². The summed E-state index contributed by atoms with van der Waals surface area (Å²) in [5, 5.41) is 3.32. The summed E-state index contributed by atoms with van der Waals surface area (Å²) in [5.41, 5.74) is 1.10. The van der Waals surface area contributed by atoms with Crippen LogP contribution >= 0.6 is 15.9 Å². The molecule has 0 radical (unpaired) electrons. The van der Waals surface area contributed by atoms with Gasteiger partial charge < -0.3 is 10.1 Å². The van der Waals surface area contributed by atoms with Crippen LogP contribution in [-0.4, -0.2) is 20.3 Å². The van der Waals surface area contributed by atoms with Crippen LogP contribution in [0.2, 0.25) is 0 Å². The van der Waals surface area contributed by atoms with E-state index >= 15 is 0 Å². The normalized spacial score (nSPS) is 22.4. The van der Waals surface area contributed by atoms with Gasteiger partial charge in [0.15, 0.2) is 0 Å². The van der Waals surface area contributed by atoms with Crippen LogP contribution in [0, 0.1) is 11.7 Å². The Morgan fingerprint density at radius 2 is 2.35 bits per heavy atom. The average Bonchev–Trinajstić information content (AvgIpc) is 2.34. The zero-order valence-electron chi connectivity index (χ0n) is 9.88. The molecule has 17 heavy (non-hydrogen) atoms. The van der Waals surface area contributed by atoms with Gasteiger partial charge in [-0.2, -0.15) is 0 Å². The number of ether oxygens (including phenoxy) is 1.